The molecule has 2 aromatic rings. The Morgan fingerprint density at radius 1 is 1.20 bits per heavy atom. The average molecular weight is 277 g/mol. The molecule has 4 nitrogen and oxygen atoms in total. The summed E-state index contributed by atoms with van der Waals surface area (Å²) in [5, 5.41) is 17.6. The van der Waals surface area contributed by atoms with Crippen molar-refractivity contribution in [3.63, 3.8) is 0 Å². The highest BCUT2D eigenvalue weighted by Gasteiger charge is 2.19. The third kappa shape index (κ3) is 3.04. The van der Waals surface area contributed by atoms with Crippen molar-refractivity contribution in [1.29, 1.82) is 0 Å². The first kappa shape index (κ1) is 14.7. The van der Waals surface area contributed by atoms with E-state index in [4.69, 9.17) is 0 Å². The van der Waals surface area contributed by atoms with Crippen LogP contribution in [0.5, 0.6) is 0 Å². The van der Waals surface area contributed by atoms with Gasteiger partial charge in [-0.05, 0) is 30.5 Å². The van der Waals surface area contributed by atoms with Crippen molar-refractivity contribution in [2.24, 2.45) is 0 Å². The Balaban J connectivity index is 2.31. The highest BCUT2D eigenvalue weighted by atomic mass is 19.1. The van der Waals surface area contributed by atoms with Gasteiger partial charge in [0.25, 0.3) is 0 Å². The topological polar surface area (TPSA) is 50.9 Å². The first-order valence-corrected chi connectivity index (χ1v) is 6.97. The molecular formula is C15H20FN3O. The van der Waals surface area contributed by atoms with Crippen LogP contribution in [0.1, 0.15) is 49.6 Å². The van der Waals surface area contributed by atoms with Gasteiger partial charge in [0.2, 0.25) is 0 Å². The summed E-state index contributed by atoms with van der Waals surface area (Å²) in [6.07, 6.45) is 1.95. The first-order chi connectivity index (χ1) is 9.69. The van der Waals surface area contributed by atoms with E-state index in [-0.39, 0.29) is 12.4 Å². The summed E-state index contributed by atoms with van der Waals surface area (Å²) in [5.41, 5.74) is 2.59. The minimum Gasteiger partial charge on any atom is -0.390 e. The van der Waals surface area contributed by atoms with Crippen molar-refractivity contribution in [2.75, 3.05) is 0 Å². The van der Waals surface area contributed by atoms with Gasteiger partial charge in [-0.1, -0.05) is 31.2 Å². The van der Waals surface area contributed by atoms with Crippen LogP contribution in [0.25, 0.3) is 0 Å². The van der Waals surface area contributed by atoms with Crippen LogP contribution < -0.4 is 0 Å². The maximum absolute atomic E-state index is 12.9. The Bertz CT molecular complexity index is 547. The van der Waals surface area contributed by atoms with Gasteiger partial charge >= 0.3 is 0 Å². The Hall–Kier alpha value is -1.75. The van der Waals surface area contributed by atoms with Crippen molar-refractivity contribution in [3.8, 4) is 0 Å². The molecule has 108 valence electrons. The summed E-state index contributed by atoms with van der Waals surface area (Å²) in [7, 11) is 0. The van der Waals surface area contributed by atoms with Gasteiger partial charge in [0.1, 0.15) is 11.5 Å². The van der Waals surface area contributed by atoms with Crippen LogP contribution in [0.3, 0.4) is 0 Å². The summed E-state index contributed by atoms with van der Waals surface area (Å²) in [6, 6.07) is 6.37. The predicted molar refractivity (Wildman–Crippen MR) is 74.8 cm³/mol. The normalized spacial score (nSPS) is 11.2. The molecule has 1 aromatic heterocycles. The van der Waals surface area contributed by atoms with Crippen LogP contribution >= 0.6 is 0 Å². The van der Waals surface area contributed by atoms with Crippen LogP contribution in [0.4, 0.5) is 4.39 Å². The Morgan fingerprint density at radius 3 is 2.40 bits per heavy atom. The van der Waals surface area contributed by atoms with E-state index in [1.165, 1.54) is 12.1 Å². The number of aromatic nitrogens is 3. The van der Waals surface area contributed by atoms with Gasteiger partial charge in [-0.25, -0.2) is 9.07 Å². The van der Waals surface area contributed by atoms with Crippen molar-refractivity contribution < 1.29 is 9.50 Å². The quantitative estimate of drug-likeness (QED) is 0.883. The van der Waals surface area contributed by atoms with Crippen LogP contribution in [0, 0.1) is 5.82 Å². The van der Waals surface area contributed by atoms with Gasteiger partial charge in [-0.15, -0.1) is 5.10 Å². The number of aliphatic hydroxyl groups is 1. The predicted octanol–water partition coefficient (Wildman–Crippen LogP) is 2.86. The molecule has 1 N–H and O–H groups in total. The lowest BCUT2D eigenvalue weighted by atomic mass is 9.97. The summed E-state index contributed by atoms with van der Waals surface area (Å²) in [6.45, 7) is 4.67. The number of halogens is 1. The highest BCUT2D eigenvalue weighted by Crippen LogP contribution is 2.25. The molecule has 0 bridgehead atoms. The van der Waals surface area contributed by atoms with E-state index >= 15 is 0 Å². The van der Waals surface area contributed by atoms with E-state index in [1.807, 2.05) is 4.68 Å². The van der Waals surface area contributed by atoms with E-state index < -0.39 is 0 Å². The Labute approximate surface area is 118 Å². The zero-order valence-electron chi connectivity index (χ0n) is 11.9. The van der Waals surface area contributed by atoms with Crippen LogP contribution in [0.2, 0.25) is 0 Å². The maximum atomic E-state index is 12.9. The molecule has 0 aliphatic rings. The summed E-state index contributed by atoms with van der Waals surface area (Å²) >= 11 is 0. The lowest BCUT2D eigenvalue weighted by Crippen LogP contribution is -2.11. The second-order valence-electron chi connectivity index (χ2n) is 4.88. The second-order valence-corrected chi connectivity index (χ2v) is 4.88. The molecule has 0 atom stereocenters. The van der Waals surface area contributed by atoms with E-state index in [2.05, 4.69) is 24.2 Å². The molecule has 1 heterocycles. The van der Waals surface area contributed by atoms with Gasteiger partial charge in [0.05, 0.1) is 18.8 Å². The SMILES string of the molecule is CCC(CC)c1c(CO)nnn1Cc1ccc(F)cc1. The molecule has 0 aliphatic carbocycles. The number of nitrogens with zero attached hydrogens (tertiary/aromatic N) is 3. The van der Waals surface area contributed by atoms with E-state index in [1.54, 1.807) is 12.1 Å². The number of aliphatic hydroxyl groups excluding tert-OH is 1. The second kappa shape index (κ2) is 6.61. The molecular weight excluding hydrogens is 257 g/mol. The summed E-state index contributed by atoms with van der Waals surface area (Å²) in [5.74, 6) is 0.0798. The summed E-state index contributed by atoms with van der Waals surface area (Å²) < 4.78 is 14.7. The molecule has 0 amide bonds. The third-order valence-corrected chi connectivity index (χ3v) is 3.61. The Morgan fingerprint density at radius 2 is 1.85 bits per heavy atom. The largest absolute Gasteiger partial charge is 0.390 e. The smallest absolute Gasteiger partial charge is 0.123 e. The van der Waals surface area contributed by atoms with Crippen molar-refractivity contribution in [2.45, 2.75) is 45.8 Å². The lowest BCUT2D eigenvalue weighted by Gasteiger charge is -2.15. The highest BCUT2D eigenvalue weighted by molar-refractivity contribution is 5.20. The maximum Gasteiger partial charge on any atom is 0.123 e. The Kier molecular flexibility index (Phi) is 4.84. The zero-order chi connectivity index (χ0) is 14.5. The number of hydrogen-bond donors (Lipinski definition) is 1. The van der Waals surface area contributed by atoms with E-state index in [9.17, 15) is 9.50 Å². The molecule has 0 saturated carbocycles. The van der Waals surface area contributed by atoms with Crippen molar-refractivity contribution in [3.05, 3.63) is 47.0 Å². The first-order valence-electron chi connectivity index (χ1n) is 6.97. The fraction of sp³-hybridized carbons (Fsp3) is 0.467. The molecule has 0 saturated heterocycles. The standard InChI is InChI=1S/C15H20FN3O/c1-3-12(4-2)15-14(10-20)17-18-19(15)9-11-5-7-13(16)8-6-11/h5-8,12,20H,3-4,9-10H2,1-2H3. The monoisotopic (exact) mass is 277 g/mol. The zero-order valence-corrected chi connectivity index (χ0v) is 11.9. The molecule has 2 rings (SSSR count). The van der Waals surface area contributed by atoms with Gasteiger partial charge < -0.3 is 5.11 Å². The van der Waals surface area contributed by atoms with E-state index in [0.29, 0.717) is 18.2 Å². The molecule has 1 aromatic carbocycles. The van der Waals surface area contributed by atoms with Gasteiger partial charge in [0.15, 0.2) is 0 Å². The van der Waals surface area contributed by atoms with Gasteiger partial charge in [-0.3, -0.25) is 0 Å². The number of hydrogen-bond acceptors (Lipinski definition) is 3. The molecule has 0 unspecified atom stereocenters. The minimum absolute atomic E-state index is 0.102. The summed E-state index contributed by atoms with van der Waals surface area (Å²) in [4.78, 5) is 0. The molecule has 5 heteroatoms. The van der Waals surface area contributed by atoms with Crippen molar-refractivity contribution >= 4 is 0 Å². The fourth-order valence-corrected chi connectivity index (χ4v) is 2.47. The molecule has 0 radical (unpaired) electrons. The molecule has 0 fully saturated rings. The molecule has 0 aliphatic heterocycles. The average Bonchev–Trinajstić information content (AvgIpc) is 2.86. The van der Waals surface area contributed by atoms with Gasteiger partial charge in [0, 0.05) is 5.92 Å². The van der Waals surface area contributed by atoms with Crippen LogP contribution in [-0.4, -0.2) is 20.1 Å². The fourth-order valence-electron chi connectivity index (χ4n) is 2.47. The third-order valence-electron chi connectivity index (χ3n) is 3.61. The van der Waals surface area contributed by atoms with Gasteiger partial charge in [-0.2, -0.15) is 0 Å². The van der Waals surface area contributed by atoms with Crippen LogP contribution in [-0.2, 0) is 13.2 Å². The van der Waals surface area contributed by atoms with Crippen LogP contribution in [0.15, 0.2) is 24.3 Å². The lowest BCUT2D eigenvalue weighted by molar-refractivity contribution is 0.274. The van der Waals surface area contributed by atoms with Crippen molar-refractivity contribution in [1.82, 2.24) is 15.0 Å². The minimum atomic E-state index is -0.247. The number of benzene rings is 1. The van der Waals surface area contributed by atoms with E-state index in [0.717, 1.165) is 24.1 Å². The molecule has 0 spiro atoms. The number of rotatable bonds is 6. The molecule has 20 heavy (non-hydrogen) atoms.